The number of oxime groups is 1. The van der Waals surface area contributed by atoms with Crippen LogP contribution in [0.5, 0.6) is 11.6 Å². The molecule has 2 aromatic heterocycles. The second-order valence-electron chi connectivity index (χ2n) is 6.28. The third-order valence-corrected chi connectivity index (χ3v) is 4.49. The predicted octanol–water partition coefficient (Wildman–Crippen LogP) is 3.20. The average molecular weight is 364 g/mol. The standard InChI is InChI=1S/C20H20N4O3/c1-14-5-6-17(19(23-25)24-9-11-26-12-10-24)20(22-14)27-18-4-2-3-15-13-21-8-7-16(15)18/h2-8,13,25H,9-12H2,1H3/b23-19-. The molecule has 1 aromatic carbocycles. The lowest BCUT2D eigenvalue weighted by molar-refractivity contribution is 0.0667. The van der Waals surface area contributed by atoms with E-state index in [9.17, 15) is 5.21 Å². The zero-order valence-electron chi connectivity index (χ0n) is 15.0. The Balaban J connectivity index is 1.75. The molecule has 0 spiro atoms. The van der Waals surface area contributed by atoms with Gasteiger partial charge in [0.25, 0.3) is 0 Å². The van der Waals surface area contributed by atoms with Gasteiger partial charge in [0, 0.05) is 41.9 Å². The lowest BCUT2D eigenvalue weighted by atomic mass is 10.1. The molecule has 1 N–H and O–H groups in total. The van der Waals surface area contributed by atoms with Crippen molar-refractivity contribution in [2.75, 3.05) is 26.3 Å². The molecule has 138 valence electrons. The fourth-order valence-electron chi connectivity index (χ4n) is 3.13. The van der Waals surface area contributed by atoms with Crippen LogP contribution in [0.3, 0.4) is 0 Å². The number of aryl methyl sites for hydroxylation is 1. The first-order valence-corrected chi connectivity index (χ1v) is 8.79. The molecule has 1 fully saturated rings. The molecule has 1 aliphatic heterocycles. The second-order valence-corrected chi connectivity index (χ2v) is 6.28. The molecule has 0 radical (unpaired) electrons. The summed E-state index contributed by atoms with van der Waals surface area (Å²) in [6.07, 6.45) is 3.52. The van der Waals surface area contributed by atoms with Crippen LogP contribution in [0.1, 0.15) is 11.3 Å². The Labute approximate surface area is 156 Å². The number of ether oxygens (including phenoxy) is 2. The Kier molecular flexibility index (Phi) is 4.84. The smallest absolute Gasteiger partial charge is 0.230 e. The maximum Gasteiger partial charge on any atom is 0.230 e. The molecule has 1 aliphatic rings. The normalized spacial score (nSPS) is 15.1. The van der Waals surface area contributed by atoms with Crippen molar-refractivity contribution in [2.24, 2.45) is 5.16 Å². The summed E-state index contributed by atoms with van der Waals surface area (Å²) in [5, 5.41) is 15.1. The number of hydrogen-bond donors (Lipinski definition) is 1. The van der Waals surface area contributed by atoms with Crippen molar-refractivity contribution < 1.29 is 14.7 Å². The van der Waals surface area contributed by atoms with Crippen LogP contribution in [0.25, 0.3) is 10.8 Å². The summed E-state index contributed by atoms with van der Waals surface area (Å²) in [6.45, 7) is 4.36. The first kappa shape index (κ1) is 17.2. The number of hydrogen-bond acceptors (Lipinski definition) is 6. The molecule has 0 saturated carbocycles. The fourth-order valence-corrected chi connectivity index (χ4v) is 3.13. The van der Waals surface area contributed by atoms with E-state index in [4.69, 9.17) is 9.47 Å². The number of morpholine rings is 1. The molecular weight excluding hydrogens is 344 g/mol. The SMILES string of the molecule is Cc1ccc(/C(=N/O)N2CCOCC2)c(Oc2cccc3cnccc23)n1. The van der Waals surface area contributed by atoms with E-state index in [0.717, 1.165) is 16.5 Å². The first-order chi connectivity index (χ1) is 13.3. The molecule has 3 aromatic rings. The maximum atomic E-state index is 9.68. The number of rotatable bonds is 3. The van der Waals surface area contributed by atoms with Gasteiger partial charge in [0.1, 0.15) is 5.75 Å². The summed E-state index contributed by atoms with van der Waals surface area (Å²) in [6, 6.07) is 11.4. The van der Waals surface area contributed by atoms with Crippen LogP contribution in [-0.4, -0.2) is 52.2 Å². The van der Waals surface area contributed by atoms with Crippen LogP contribution in [0.4, 0.5) is 0 Å². The number of nitrogens with zero attached hydrogens (tertiary/aromatic N) is 4. The van der Waals surface area contributed by atoms with Gasteiger partial charge in [-0.3, -0.25) is 4.98 Å². The minimum absolute atomic E-state index is 0.401. The monoisotopic (exact) mass is 364 g/mol. The number of benzene rings is 1. The van der Waals surface area contributed by atoms with Crippen molar-refractivity contribution in [3.8, 4) is 11.6 Å². The third kappa shape index (κ3) is 3.54. The Morgan fingerprint density at radius 3 is 2.85 bits per heavy atom. The van der Waals surface area contributed by atoms with Gasteiger partial charge in [-0.25, -0.2) is 4.98 Å². The number of fused-ring (bicyclic) bond motifs is 1. The van der Waals surface area contributed by atoms with Crippen LogP contribution in [0.15, 0.2) is 53.9 Å². The number of pyridine rings is 2. The summed E-state index contributed by atoms with van der Waals surface area (Å²) < 4.78 is 11.6. The number of aromatic nitrogens is 2. The highest BCUT2D eigenvalue weighted by Crippen LogP contribution is 2.31. The molecule has 27 heavy (non-hydrogen) atoms. The first-order valence-electron chi connectivity index (χ1n) is 8.79. The van der Waals surface area contributed by atoms with Gasteiger partial charge in [-0.05, 0) is 31.2 Å². The van der Waals surface area contributed by atoms with Crippen LogP contribution in [-0.2, 0) is 4.74 Å². The van der Waals surface area contributed by atoms with Gasteiger partial charge < -0.3 is 19.6 Å². The van der Waals surface area contributed by atoms with E-state index in [1.54, 1.807) is 12.4 Å². The van der Waals surface area contributed by atoms with Crippen LogP contribution >= 0.6 is 0 Å². The Hall–Kier alpha value is -3.19. The van der Waals surface area contributed by atoms with Crippen molar-refractivity contribution in [3.05, 3.63) is 60.0 Å². The van der Waals surface area contributed by atoms with Gasteiger partial charge in [0.15, 0.2) is 5.84 Å². The largest absolute Gasteiger partial charge is 0.438 e. The van der Waals surface area contributed by atoms with Crippen LogP contribution in [0, 0.1) is 6.92 Å². The Morgan fingerprint density at radius 1 is 1.19 bits per heavy atom. The fraction of sp³-hybridized carbons (Fsp3) is 0.250. The topological polar surface area (TPSA) is 80.1 Å². The van der Waals surface area contributed by atoms with Crippen molar-refractivity contribution >= 4 is 16.6 Å². The molecule has 0 bridgehead atoms. The van der Waals surface area contributed by atoms with Gasteiger partial charge in [-0.1, -0.05) is 17.3 Å². The molecule has 4 rings (SSSR count). The zero-order chi connectivity index (χ0) is 18.6. The van der Waals surface area contributed by atoms with Crippen LogP contribution < -0.4 is 4.74 Å². The second kappa shape index (κ2) is 7.59. The molecule has 1 saturated heterocycles. The van der Waals surface area contributed by atoms with E-state index in [2.05, 4.69) is 15.1 Å². The van der Waals surface area contributed by atoms with E-state index in [1.165, 1.54) is 0 Å². The van der Waals surface area contributed by atoms with Crippen molar-refractivity contribution in [1.82, 2.24) is 14.9 Å². The summed E-state index contributed by atoms with van der Waals surface area (Å²) >= 11 is 0. The average Bonchev–Trinajstić information content (AvgIpc) is 2.71. The lowest BCUT2D eigenvalue weighted by Crippen LogP contribution is -2.41. The number of amidine groups is 1. The van der Waals surface area contributed by atoms with E-state index in [-0.39, 0.29) is 0 Å². The van der Waals surface area contributed by atoms with E-state index < -0.39 is 0 Å². The van der Waals surface area contributed by atoms with Gasteiger partial charge in [-0.2, -0.15) is 0 Å². The maximum absolute atomic E-state index is 9.68. The predicted molar refractivity (Wildman–Crippen MR) is 102 cm³/mol. The molecule has 0 atom stereocenters. The van der Waals surface area contributed by atoms with Crippen molar-refractivity contribution in [2.45, 2.75) is 6.92 Å². The third-order valence-electron chi connectivity index (χ3n) is 4.49. The summed E-state index contributed by atoms with van der Waals surface area (Å²) in [4.78, 5) is 10.7. The molecule has 7 nitrogen and oxygen atoms in total. The van der Waals surface area contributed by atoms with Gasteiger partial charge >= 0.3 is 0 Å². The molecule has 3 heterocycles. The molecular formula is C20H20N4O3. The zero-order valence-corrected chi connectivity index (χ0v) is 15.0. The minimum Gasteiger partial charge on any atom is -0.438 e. The highest BCUT2D eigenvalue weighted by Gasteiger charge is 2.22. The minimum atomic E-state index is 0.401. The van der Waals surface area contributed by atoms with Crippen LogP contribution in [0.2, 0.25) is 0 Å². The quantitative estimate of drug-likeness (QED) is 0.333. The molecule has 0 amide bonds. The van der Waals surface area contributed by atoms with E-state index in [1.807, 2.05) is 48.2 Å². The molecule has 0 unspecified atom stereocenters. The van der Waals surface area contributed by atoms with Crippen molar-refractivity contribution in [3.63, 3.8) is 0 Å². The van der Waals surface area contributed by atoms with E-state index >= 15 is 0 Å². The van der Waals surface area contributed by atoms with Crippen molar-refractivity contribution in [1.29, 1.82) is 0 Å². The lowest BCUT2D eigenvalue weighted by Gasteiger charge is -2.29. The molecule has 0 aliphatic carbocycles. The summed E-state index contributed by atoms with van der Waals surface area (Å²) in [5.41, 5.74) is 1.45. The Bertz CT molecular complexity index is 979. The highest BCUT2D eigenvalue weighted by atomic mass is 16.5. The van der Waals surface area contributed by atoms with Gasteiger partial charge in [0.2, 0.25) is 5.88 Å². The Morgan fingerprint density at radius 2 is 2.04 bits per heavy atom. The molecule has 7 heteroatoms. The summed E-state index contributed by atoms with van der Waals surface area (Å²) in [5.74, 6) is 1.51. The summed E-state index contributed by atoms with van der Waals surface area (Å²) in [7, 11) is 0. The highest BCUT2D eigenvalue weighted by molar-refractivity contribution is 6.00. The van der Waals surface area contributed by atoms with Gasteiger partial charge in [-0.15, -0.1) is 0 Å². The van der Waals surface area contributed by atoms with E-state index in [0.29, 0.717) is 49.3 Å². The van der Waals surface area contributed by atoms with Gasteiger partial charge in [0.05, 0.1) is 18.8 Å².